The number of aliphatic hydroxyl groups is 3. The summed E-state index contributed by atoms with van der Waals surface area (Å²) in [6.07, 6.45) is -2.83. The van der Waals surface area contributed by atoms with Crippen molar-refractivity contribution >= 4 is 0 Å². The van der Waals surface area contributed by atoms with Crippen LogP contribution in [0.25, 0.3) is 0 Å². The van der Waals surface area contributed by atoms with Crippen LogP contribution in [0.5, 0.6) is 0 Å². The first-order chi connectivity index (χ1) is 5.11. The maximum Gasteiger partial charge on any atom is 0.108 e. The average Bonchev–Trinajstić information content (AvgIpc) is 2.05. The Kier molecular flexibility index (Phi) is 2.80. The molecule has 0 aliphatic carbocycles. The van der Waals surface area contributed by atoms with Crippen molar-refractivity contribution in [3.63, 3.8) is 0 Å². The van der Waals surface area contributed by atoms with Gasteiger partial charge in [-0.05, 0) is 0 Å². The molecular weight excluding hydrogens is 148 g/mol. The number of β-amino-alcohol motifs (C(OH)–C–C–N with tert-alkyl or cyclic N) is 2. The minimum atomic E-state index is -1.05. The van der Waals surface area contributed by atoms with Crippen molar-refractivity contribution in [1.82, 2.24) is 10.4 Å². The topological polar surface area (TPSA) is 76.0 Å². The Morgan fingerprint density at radius 2 is 1.91 bits per heavy atom. The molecule has 3 unspecified atom stereocenters. The number of hydrogen-bond acceptors (Lipinski definition) is 5. The van der Waals surface area contributed by atoms with E-state index < -0.39 is 18.3 Å². The number of nitrogens with zero attached hydrogens (tertiary/aromatic N) is 1. The monoisotopic (exact) mass is 162 g/mol. The lowest BCUT2D eigenvalue weighted by Crippen LogP contribution is -2.40. The Bertz CT molecular complexity index is 133. The molecule has 0 radical (unpaired) electrons. The third kappa shape index (κ3) is 2.11. The number of aliphatic hydroxyl groups excluding tert-OH is 3. The zero-order chi connectivity index (χ0) is 8.43. The summed E-state index contributed by atoms with van der Waals surface area (Å²) in [7, 11) is 1.74. The van der Waals surface area contributed by atoms with Gasteiger partial charge in [0.15, 0.2) is 0 Å². The molecule has 0 spiro atoms. The molecule has 1 rings (SSSR count). The highest BCUT2D eigenvalue weighted by Crippen LogP contribution is 2.04. The van der Waals surface area contributed by atoms with Crippen LogP contribution in [0, 0.1) is 0 Å². The van der Waals surface area contributed by atoms with Gasteiger partial charge in [-0.15, -0.1) is 0 Å². The number of hydrazine groups is 1. The molecule has 1 fully saturated rings. The molecule has 5 nitrogen and oxygen atoms in total. The molecule has 5 heteroatoms. The van der Waals surface area contributed by atoms with Crippen LogP contribution in [0.2, 0.25) is 0 Å². The summed E-state index contributed by atoms with van der Waals surface area (Å²) >= 11 is 0. The van der Waals surface area contributed by atoms with E-state index in [9.17, 15) is 10.2 Å². The normalized spacial score (nSPS) is 42.0. The lowest BCUT2D eigenvalue weighted by molar-refractivity contribution is -0.0490. The Morgan fingerprint density at radius 1 is 1.27 bits per heavy atom. The minimum absolute atomic E-state index is 0.273. The summed E-state index contributed by atoms with van der Waals surface area (Å²) in [5, 5.41) is 29.2. The van der Waals surface area contributed by atoms with Gasteiger partial charge in [-0.25, -0.2) is 5.01 Å². The van der Waals surface area contributed by atoms with E-state index in [1.165, 1.54) is 0 Å². The van der Waals surface area contributed by atoms with Gasteiger partial charge in [-0.2, -0.15) is 0 Å². The number of hydrogen-bond donors (Lipinski definition) is 4. The van der Waals surface area contributed by atoms with E-state index in [1.54, 1.807) is 12.1 Å². The Hall–Kier alpha value is -0.200. The summed E-state index contributed by atoms with van der Waals surface area (Å²) in [5.74, 6) is 0. The second-order valence-corrected chi connectivity index (χ2v) is 2.87. The number of nitrogens with one attached hydrogen (secondary N) is 1. The lowest BCUT2D eigenvalue weighted by atomic mass is 10.1. The molecular formula is C6H14N2O3. The zero-order valence-electron chi connectivity index (χ0n) is 6.44. The SMILES string of the molecule is CN1CC(O)C(O)C(O)CN1. The predicted octanol–water partition coefficient (Wildman–Crippen LogP) is -2.48. The van der Waals surface area contributed by atoms with Gasteiger partial charge in [-0.3, -0.25) is 5.43 Å². The van der Waals surface area contributed by atoms with Crippen LogP contribution in [-0.2, 0) is 0 Å². The van der Waals surface area contributed by atoms with Gasteiger partial charge in [0.25, 0.3) is 0 Å². The largest absolute Gasteiger partial charge is 0.389 e. The average molecular weight is 162 g/mol. The van der Waals surface area contributed by atoms with Crippen LogP contribution in [0.15, 0.2) is 0 Å². The van der Waals surface area contributed by atoms with Crippen LogP contribution in [0.4, 0.5) is 0 Å². The third-order valence-corrected chi connectivity index (χ3v) is 1.82. The van der Waals surface area contributed by atoms with E-state index in [0.717, 1.165) is 0 Å². The second kappa shape index (κ2) is 3.46. The molecule has 0 amide bonds. The van der Waals surface area contributed by atoms with Crippen LogP contribution in [0.1, 0.15) is 0 Å². The van der Waals surface area contributed by atoms with Gasteiger partial charge < -0.3 is 15.3 Å². The minimum Gasteiger partial charge on any atom is -0.389 e. The first-order valence-corrected chi connectivity index (χ1v) is 3.60. The van der Waals surface area contributed by atoms with Gasteiger partial charge in [-0.1, -0.05) is 0 Å². The highest BCUT2D eigenvalue weighted by atomic mass is 16.4. The van der Waals surface area contributed by atoms with Gasteiger partial charge >= 0.3 is 0 Å². The molecule has 1 aliphatic rings. The molecule has 1 heterocycles. The summed E-state index contributed by atoms with van der Waals surface area (Å²) in [6, 6.07) is 0. The molecule has 0 saturated carbocycles. The fraction of sp³-hybridized carbons (Fsp3) is 1.00. The summed E-state index contributed by atoms with van der Waals surface area (Å²) in [4.78, 5) is 0. The summed E-state index contributed by atoms with van der Waals surface area (Å²) in [5.41, 5.74) is 2.82. The van der Waals surface area contributed by atoms with Gasteiger partial charge in [0.1, 0.15) is 6.10 Å². The summed E-state index contributed by atoms with van der Waals surface area (Å²) in [6.45, 7) is 0.590. The smallest absolute Gasteiger partial charge is 0.108 e. The Balaban J connectivity index is 2.53. The van der Waals surface area contributed by atoms with Gasteiger partial charge in [0, 0.05) is 20.1 Å². The summed E-state index contributed by atoms with van der Waals surface area (Å²) < 4.78 is 0. The van der Waals surface area contributed by atoms with E-state index in [-0.39, 0.29) is 6.54 Å². The highest BCUT2D eigenvalue weighted by Gasteiger charge is 2.28. The van der Waals surface area contributed by atoms with Crippen molar-refractivity contribution in [3.05, 3.63) is 0 Å². The molecule has 1 aliphatic heterocycles. The van der Waals surface area contributed by atoms with E-state index in [1.807, 2.05) is 0 Å². The number of rotatable bonds is 0. The van der Waals surface area contributed by atoms with Crippen LogP contribution in [-0.4, -0.2) is 58.8 Å². The first kappa shape index (κ1) is 8.89. The standard InChI is InChI=1S/C6H14N2O3/c1-8-3-5(10)6(11)4(9)2-7-8/h4-7,9-11H,2-3H2,1H3. The maximum atomic E-state index is 9.21. The quantitative estimate of drug-likeness (QED) is 0.317. The van der Waals surface area contributed by atoms with E-state index >= 15 is 0 Å². The fourth-order valence-corrected chi connectivity index (χ4v) is 1.08. The molecule has 1 saturated heterocycles. The Labute approximate surface area is 65.2 Å². The second-order valence-electron chi connectivity index (χ2n) is 2.87. The molecule has 3 atom stereocenters. The zero-order valence-corrected chi connectivity index (χ0v) is 6.44. The molecule has 11 heavy (non-hydrogen) atoms. The molecule has 0 aromatic carbocycles. The molecule has 4 N–H and O–H groups in total. The molecule has 66 valence electrons. The highest BCUT2D eigenvalue weighted by molar-refractivity contribution is 4.80. The number of likely N-dealkylation sites (N-methyl/N-ethyl adjacent to an activating group) is 1. The van der Waals surface area contributed by atoms with Crippen molar-refractivity contribution in [2.75, 3.05) is 20.1 Å². The third-order valence-electron chi connectivity index (χ3n) is 1.82. The van der Waals surface area contributed by atoms with Gasteiger partial charge in [0.2, 0.25) is 0 Å². The van der Waals surface area contributed by atoms with E-state index in [0.29, 0.717) is 6.54 Å². The van der Waals surface area contributed by atoms with Crippen molar-refractivity contribution in [2.45, 2.75) is 18.3 Å². The van der Waals surface area contributed by atoms with Crippen LogP contribution < -0.4 is 5.43 Å². The lowest BCUT2D eigenvalue weighted by Gasteiger charge is -2.18. The maximum absolute atomic E-state index is 9.21. The van der Waals surface area contributed by atoms with Crippen LogP contribution in [0.3, 0.4) is 0 Å². The molecule has 0 bridgehead atoms. The van der Waals surface area contributed by atoms with Crippen molar-refractivity contribution in [1.29, 1.82) is 0 Å². The van der Waals surface area contributed by atoms with Crippen molar-refractivity contribution in [2.24, 2.45) is 0 Å². The van der Waals surface area contributed by atoms with Crippen LogP contribution >= 0.6 is 0 Å². The Morgan fingerprint density at radius 3 is 2.55 bits per heavy atom. The molecule has 0 aromatic rings. The van der Waals surface area contributed by atoms with E-state index in [2.05, 4.69) is 5.43 Å². The fourth-order valence-electron chi connectivity index (χ4n) is 1.08. The predicted molar refractivity (Wildman–Crippen MR) is 38.7 cm³/mol. The first-order valence-electron chi connectivity index (χ1n) is 3.60. The van der Waals surface area contributed by atoms with E-state index in [4.69, 9.17) is 5.11 Å². The van der Waals surface area contributed by atoms with Gasteiger partial charge in [0.05, 0.1) is 12.2 Å². The molecule has 0 aromatic heterocycles. The van der Waals surface area contributed by atoms with Crippen molar-refractivity contribution < 1.29 is 15.3 Å². The van der Waals surface area contributed by atoms with Crippen molar-refractivity contribution in [3.8, 4) is 0 Å².